The molecule has 0 aliphatic rings. The molecule has 194 valence electrons. The van der Waals surface area contributed by atoms with Gasteiger partial charge in [-0.05, 0) is 28.8 Å². The largest absolute Gasteiger partial charge is 0.422 e. The molecule has 35 heavy (non-hydrogen) atoms. The monoisotopic (exact) mass is 488 g/mol. The minimum atomic E-state index is -0.607. The topological polar surface area (TPSA) is 127 Å². The molecule has 0 saturated heterocycles. The molecule has 0 aliphatic carbocycles. The molecule has 0 bridgehead atoms. The summed E-state index contributed by atoms with van der Waals surface area (Å²) in [7, 11) is 0. The van der Waals surface area contributed by atoms with Crippen molar-refractivity contribution >= 4 is 5.97 Å². The highest BCUT2D eigenvalue weighted by atomic mass is 16.5. The molecule has 5 unspecified atom stereocenters. The molecular formula is C28H40O7. The van der Waals surface area contributed by atoms with Gasteiger partial charge in [-0.2, -0.15) is 0 Å². The van der Waals surface area contributed by atoms with Crippen molar-refractivity contribution < 1.29 is 35.1 Å². The fraction of sp³-hybridized carbons (Fsp3) is 0.536. The Kier molecular flexibility index (Phi) is 10.9. The molecule has 7 nitrogen and oxygen atoms in total. The number of carbonyl (C=O) groups excluding carboxylic acids is 1. The Hall–Kier alpha value is -2.29. The van der Waals surface area contributed by atoms with Crippen LogP contribution < -0.4 is 4.74 Å². The van der Waals surface area contributed by atoms with Gasteiger partial charge in [0.05, 0.1) is 5.56 Å². The third-order valence-electron chi connectivity index (χ3n) is 6.72. The quantitative estimate of drug-likeness (QED) is 0.229. The normalized spacial score (nSPS) is 15.8. The van der Waals surface area contributed by atoms with Crippen molar-refractivity contribution in [3.05, 3.63) is 63.7 Å². The van der Waals surface area contributed by atoms with E-state index in [4.69, 9.17) is 4.74 Å². The van der Waals surface area contributed by atoms with E-state index in [-0.39, 0.29) is 68.2 Å². The van der Waals surface area contributed by atoms with Crippen molar-refractivity contribution in [2.75, 3.05) is 33.0 Å². The average molecular weight is 489 g/mol. The van der Waals surface area contributed by atoms with Gasteiger partial charge in [0, 0.05) is 73.8 Å². The van der Waals surface area contributed by atoms with Crippen molar-refractivity contribution in [1.82, 2.24) is 0 Å². The molecule has 2 rings (SSSR count). The molecule has 0 amide bonds. The van der Waals surface area contributed by atoms with Crippen molar-refractivity contribution in [2.24, 2.45) is 0 Å². The van der Waals surface area contributed by atoms with Gasteiger partial charge in [0.25, 0.3) is 0 Å². The zero-order valence-corrected chi connectivity index (χ0v) is 21.4. The molecule has 0 aromatic heterocycles. The van der Waals surface area contributed by atoms with Crippen LogP contribution in [-0.4, -0.2) is 64.5 Å². The Morgan fingerprint density at radius 3 is 1.29 bits per heavy atom. The number of ether oxygens (including phenoxy) is 1. The first-order chi connectivity index (χ1) is 16.6. The van der Waals surface area contributed by atoms with Crippen molar-refractivity contribution in [2.45, 2.75) is 64.2 Å². The van der Waals surface area contributed by atoms with Crippen molar-refractivity contribution in [3.8, 4) is 5.75 Å². The minimum Gasteiger partial charge on any atom is -0.422 e. The van der Waals surface area contributed by atoms with Crippen LogP contribution in [0.25, 0.3) is 0 Å². The van der Waals surface area contributed by atoms with E-state index in [1.807, 2.05) is 52.8 Å². The van der Waals surface area contributed by atoms with E-state index >= 15 is 0 Å². The third-order valence-corrected chi connectivity index (χ3v) is 6.72. The maximum Gasteiger partial charge on any atom is 0.343 e. The summed E-state index contributed by atoms with van der Waals surface area (Å²) in [5, 5.41) is 48.8. The van der Waals surface area contributed by atoms with Gasteiger partial charge in [-0.25, -0.2) is 4.79 Å². The number of benzene rings is 2. The molecule has 0 radical (unpaired) electrons. The predicted octanol–water partition coefficient (Wildman–Crippen LogP) is 3.38. The molecule has 7 heteroatoms. The minimum absolute atomic E-state index is 0.0688. The van der Waals surface area contributed by atoms with Crippen LogP contribution in [0.4, 0.5) is 0 Å². The van der Waals surface area contributed by atoms with Gasteiger partial charge in [-0.1, -0.05) is 52.8 Å². The molecule has 0 aliphatic heterocycles. The number of hydrogen-bond acceptors (Lipinski definition) is 7. The van der Waals surface area contributed by atoms with Crippen LogP contribution >= 0.6 is 0 Å². The molecule has 2 aromatic rings. The number of carbonyl (C=O) groups is 1. The van der Waals surface area contributed by atoms with E-state index in [0.717, 1.165) is 16.7 Å². The SMILES string of the molecule is CC(CO)c1cc(C(=O)Oc2c(C(C)CO)cc(C(C)CO)cc2C(C)CO)cc(C(C)CO)c1. The zero-order chi connectivity index (χ0) is 26.3. The van der Waals surface area contributed by atoms with Gasteiger partial charge in [-0.3, -0.25) is 0 Å². The Balaban J connectivity index is 2.65. The Bertz CT molecular complexity index is 928. The Morgan fingerprint density at radius 1 is 0.600 bits per heavy atom. The van der Waals surface area contributed by atoms with Crippen LogP contribution in [0.2, 0.25) is 0 Å². The smallest absolute Gasteiger partial charge is 0.343 e. The number of hydrogen-bond donors (Lipinski definition) is 5. The summed E-state index contributed by atoms with van der Waals surface area (Å²) < 4.78 is 5.97. The van der Waals surface area contributed by atoms with Crippen LogP contribution in [-0.2, 0) is 0 Å². The third kappa shape index (κ3) is 6.90. The first kappa shape index (κ1) is 28.9. The molecule has 0 fully saturated rings. The lowest BCUT2D eigenvalue weighted by molar-refractivity contribution is 0.0728. The highest BCUT2D eigenvalue weighted by molar-refractivity contribution is 5.92. The summed E-state index contributed by atoms with van der Waals surface area (Å²) in [6.07, 6.45) is 0. The fourth-order valence-corrected chi connectivity index (χ4v) is 3.86. The second-order valence-corrected chi connectivity index (χ2v) is 9.72. The lowest BCUT2D eigenvalue weighted by Gasteiger charge is -2.24. The maximum absolute atomic E-state index is 13.4. The molecule has 0 saturated carbocycles. The summed E-state index contributed by atoms with van der Waals surface area (Å²) in [5.41, 5.74) is 3.89. The predicted molar refractivity (Wildman–Crippen MR) is 135 cm³/mol. The van der Waals surface area contributed by atoms with Crippen molar-refractivity contribution in [1.29, 1.82) is 0 Å². The fourth-order valence-electron chi connectivity index (χ4n) is 3.86. The highest BCUT2D eigenvalue weighted by Crippen LogP contribution is 2.38. The van der Waals surface area contributed by atoms with Crippen LogP contribution in [0, 0.1) is 0 Å². The molecule has 0 heterocycles. The summed E-state index contributed by atoms with van der Waals surface area (Å²) in [6.45, 7) is 8.61. The highest BCUT2D eigenvalue weighted by Gasteiger charge is 2.25. The van der Waals surface area contributed by atoms with Gasteiger partial charge >= 0.3 is 5.97 Å². The number of aliphatic hydroxyl groups excluding tert-OH is 5. The summed E-state index contributed by atoms with van der Waals surface area (Å²) in [6, 6.07) is 8.91. The van der Waals surface area contributed by atoms with Crippen LogP contribution in [0.3, 0.4) is 0 Å². The summed E-state index contributed by atoms with van der Waals surface area (Å²) in [5.74, 6) is -1.59. The van der Waals surface area contributed by atoms with Crippen molar-refractivity contribution in [3.63, 3.8) is 0 Å². The first-order valence-corrected chi connectivity index (χ1v) is 12.2. The Labute approximate surface area is 208 Å². The standard InChI is InChI=1S/C28H40O7/c1-16(11-29)21-6-22(17(2)12-30)8-24(7-21)28(34)35-27-25(19(4)14-32)9-23(18(3)13-31)10-26(27)20(5)15-33/h6-10,16-20,29-33H,11-15H2,1-5H3. The number of rotatable bonds is 12. The van der Waals surface area contributed by atoms with Gasteiger partial charge in [-0.15, -0.1) is 0 Å². The van der Waals surface area contributed by atoms with E-state index in [1.165, 1.54) is 0 Å². The second-order valence-electron chi connectivity index (χ2n) is 9.72. The van der Waals surface area contributed by atoms with E-state index < -0.39 is 5.97 Å². The molecule has 5 N–H and O–H groups in total. The Morgan fingerprint density at radius 2 is 0.943 bits per heavy atom. The summed E-state index contributed by atoms with van der Waals surface area (Å²) >= 11 is 0. The number of aliphatic hydroxyl groups is 5. The van der Waals surface area contributed by atoms with Gasteiger partial charge in [0.15, 0.2) is 0 Å². The van der Waals surface area contributed by atoms with Crippen LogP contribution in [0.5, 0.6) is 5.75 Å². The van der Waals surface area contributed by atoms with Gasteiger partial charge < -0.3 is 30.3 Å². The molecule has 0 spiro atoms. The van der Waals surface area contributed by atoms with Gasteiger partial charge in [0.2, 0.25) is 0 Å². The second kappa shape index (κ2) is 13.1. The van der Waals surface area contributed by atoms with E-state index in [2.05, 4.69) is 0 Å². The number of esters is 1. The lowest BCUT2D eigenvalue weighted by Crippen LogP contribution is -2.17. The zero-order valence-electron chi connectivity index (χ0n) is 21.4. The molecular weight excluding hydrogens is 448 g/mol. The first-order valence-electron chi connectivity index (χ1n) is 12.2. The maximum atomic E-state index is 13.4. The summed E-state index contributed by atoms with van der Waals surface area (Å²) in [4.78, 5) is 13.4. The molecule has 5 atom stereocenters. The van der Waals surface area contributed by atoms with E-state index in [0.29, 0.717) is 16.9 Å². The molecule has 2 aromatic carbocycles. The van der Waals surface area contributed by atoms with E-state index in [9.17, 15) is 30.3 Å². The van der Waals surface area contributed by atoms with Crippen LogP contribution in [0.1, 0.15) is 102 Å². The van der Waals surface area contributed by atoms with Crippen LogP contribution in [0.15, 0.2) is 30.3 Å². The average Bonchev–Trinajstić information content (AvgIpc) is 2.90. The lowest BCUT2D eigenvalue weighted by atomic mass is 9.87. The van der Waals surface area contributed by atoms with Gasteiger partial charge in [0.1, 0.15) is 5.75 Å². The van der Waals surface area contributed by atoms with E-state index in [1.54, 1.807) is 12.1 Å².